The number of amides is 2. The van der Waals surface area contributed by atoms with Crippen LogP contribution in [0.3, 0.4) is 0 Å². The van der Waals surface area contributed by atoms with Crippen LogP contribution in [-0.4, -0.2) is 73.2 Å². The highest BCUT2D eigenvalue weighted by atomic mass is 16.6. The maximum Gasteiger partial charge on any atom is 0.410 e. The Kier molecular flexibility index (Phi) is 7.55. The third-order valence-corrected chi connectivity index (χ3v) is 6.74. The Morgan fingerprint density at radius 1 is 0.925 bits per heavy atom. The first-order valence-corrected chi connectivity index (χ1v) is 13.3. The molecule has 2 amide bonds. The molecule has 1 fully saturated rings. The number of aromatic nitrogens is 3. The van der Waals surface area contributed by atoms with Gasteiger partial charge in [0.25, 0.3) is 5.91 Å². The zero-order valence-electron chi connectivity index (χ0n) is 22.9. The normalized spacial score (nSPS) is 15.6. The van der Waals surface area contributed by atoms with E-state index in [1.54, 1.807) is 34.1 Å². The molecule has 0 radical (unpaired) electrons. The van der Waals surface area contributed by atoms with E-state index in [9.17, 15) is 14.7 Å². The third kappa shape index (κ3) is 5.83. The zero-order chi connectivity index (χ0) is 28.3. The maximum atomic E-state index is 14.2. The highest BCUT2D eigenvalue weighted by Gasteiger charge is 2.37. The van der Waals surface area contributed by atoms with E-state index in [0.29, 0.717) is 37.4 Å². The Labute approximate surface area is 233 Å². The van der Waals surface area contributed by atoms with Crippen LogP contribution in [0.1, 0.15) is 36.8 Å². The van der Waals surface area contributed by atoms with Gasteiger partial charge in [-0.05, 0) is 44.9 Å². The summed E-state index contributed by atoms with van der Waals surface area (Å²) in [5.74, 6) is -0.262. The summed E-state index contributed by atoms with van der Waals surface area (Å²) in [5.41, 5.74) is 2.26. The average molecular weight is 540 g/mol. The van der Waals surface area contributed by atoms with Crippen LogP contribution in [0, 0.1) is 0 Å². The number of aromatic hydroxyl groups is 1. The van der Waals surface area contributed by atoms with Crippen LogP contribution < -0.4 is 0 Å². The van der Waals surface area contributed by atoms with Crippen molar-refractivity contribution in [3.63, 3.8) is 0 Å². The summed E-state index contributed by atoms with van der Waals surface area (Å²) < 4.78 is 7.13. The molecular weight excluding hydrogens is 506 g/mol. The monoisotopic (exact) mass is 539 g/mol. The quantitative estimate of drug-likeness (QED) is 0.385. The summed E-state index contributed by atoms with van der Waals surface area (Å²) in [6, 6.07) is 25.8. The first kappa shape index (κ1) is 26.9. The molecule has 0 aliphatic carbocycles. The predicted octanol–water partition coefficient (Wildman–Crippen LogP) is 4.94. The van der Waals surface area contributed by atoms with Gasteiger partial charge in [-0.2, -0.15) is 0 Å². The summed E-state index contributed by atoms with van der Waals surface area (Å²) in [5, 5.41) is 19.2. The first-order valence-electron chi connectivity index (χ1n) is 13.3. The molecule has 40 heavy (non-hydrogen) atoms. The van der Waals surface area contributed by atoms with E-state index in [0.717, 1.165) is 11.1 Å². The molecule has 9 heteroatoms. The highest BCUT2D eigenvalue weighted by Crippen LogP contribution is 2.31. The van der Waals surface area contributed by atoms with Gasteiger partial charge < -0.3 is 19.6 Å². The van der Waals surface area contributed by atoms with Gasteiger partial charge >= 0.3 is 6.09 Å². The molecule has 206 valence electrons. The second kappa shape index (κ2) is 11.2. The van der Waals surface area contributed by atoms with E-state index >= 15 is 0 Å². The van der Waals surface area contributed by atoms with Crippen molar-refractivity contribution in [1.29, 1.82) is 0 Å². The minimum Gasteiger partial charge on any atom is -0.506 e. The largest absolute Gasteiger partial charge is 0.506 e. The van der Waals surface area contributed by atoms with E-state index in [2.05, 4.69) is 10.3 Å². The third-order valence-electron chi connectivity index (χ3n) is 6.74. The van der Waals surface area contributed by atoms with E-state index in [1.807, 2.05) is 81.4 Å². The molecule has 1 unspecified atom stereocenters. The fraction of sp³-hybridized carbons (Fsp3) is 0.290. The van der Waals surface area contributed by atoms with Crippen molar-refractivity contribution in [3.05, 3.63) is 96.2 Å². The molecule has 1 atom stereocenters. The average Bonchev–Trinajstić information content (AvgIpc) is 3.38. The van der Waals surface area contributed by atoms with Gasteiger partial charge in [0.05, 0.1) is 6.04 Å². The highest BCUT2D eigenvalue weighted by molar-refractivity contribution is 5.98. The minimum atomic E-state index is -0.620. The van der Waals surface area contributed by atoms with Gasteiger partial charge in [-0.1, -0.05) is 78.0 Å². The van der Waals surface area contributed by atoms with Crippen LogP contribution >= 0.6 is 0 Å². The van der Waals surface area contributed by atoms with Crippen molar-refractivity contribution in [2.75, 3.05) is 19.6 Å². The number of hydrogen-bond acceptors (Lipinski definition) is 6. The number of hydrogen-bond donors (Lipinski definition) is 1. The van der Waals surface area contributed by atoms with E-state index in [1.165, 1.54) is 4.68 Å². The van der Waals surface area contributed by atoms with E-state index < -0.39 is 11.7 Å². The van der Waals surface area contributed by atoms with Gasteiger partial charge in [0.1, 0.15) is 22.7 Å². The summed E-state index contributed by atoms with van der Waals surface area (Å²) >= 11 is 0. The van der Waals surface area contributed by atoms with Gasteiger partial charge in [0, 0.05) is 25.2 Å². The maximum absolute atomic E-state index is 14.2. The molecule has 1 saturated heterocycles. The fourth-order valence-corrected chi connectivity index (χ4v) is 4.90. The van der Waals surface area contributed by atoms with Crippen LogP contribution in [0.5, 0.6) is 5.75 Å². The Bertz CT molecular complexity index is 1480. The number of para-hydroxylation sites is 2. The minimum absolute atomic E-state index is 0.0245. The SMILES string of the molecule is CC(C)(C)OC(=O)N1CCN(C(=O)c2nnn(-c3ccccc3O)c2-c2ccccc2)C(Cc2ccccc2)C1. The lowest BCUT2D eigenvalue weighted by atomic mass is 10.0. The van der Waals surface area contributed by atoms with Crippen LogP contribution in [0.2, 0.25) is 0 Å². The number of benzene rings is 3. The zero-order valence-corrected chi connectivity index (χ0v) is 22.9. The van der Waals surface area contributed by atoms with Crippen molar-refractivity contribution < 1.29 is 19.4 Å². The Balaban J connectivity index is 1.52. The summed E-state index contributed by atoms with van der Waals surface area (Å²) in [6.45, 7) is 6.48. The molecule has 0 bridgehead atoms. The topological polar surface area (TPSA) is 101 Å². The molecule has 5 rings (SSSR count). The van der Waals surface area contributed by atoms with Crippen LogP contribution in [0.15, 0.2) is 84.9 Å². The Morgan fingerprint density at radius 3 is 2.25 bits per heavy atom. The van der Waals surface area contributed by atoms with Crippen molar-refractivity contribution in [2.45, 2.75) is 38.8 Å². The number of ether oxygens (including phenoxy) is 1. The predicted molar refractivity (Wildman–Crippen MR) is 151 cm³/mol. The van der Waals surface area contributed by atoms with Gasteiger partial charge in [-0.25, -0.2) is 9.48 Å². The van der Waals surface area contributed by atoms with Gasteiger partial charge in [-0.3, -0.25) is 4.79 Å². The van der Waals surface area contributed by atoms with Crippen LogP contribution in [0.25, 0.3) is 16.9 Å². The number of carbonyl (C=O) groups is 2. The standard InChI is InChI=1S/C31H33N5O4/c1-31(2,3)40-30(39)34-18-19-35(24(21-34)20-22-12-6-4-7-13-22)29(38)27-28(23-14-8-5-9-15-23)36(33-32-27)25-16-10-11-17-26(25)37/h4-17,24,37H,18-21H2,1-3H3. The number of piperazine rings is 1. The molecular formula is C31H33N5O4. The van der Waals surface area contributed by atoms with Crippen molar-refractivity contribution in [3.8, 4) is 22.7 Å². The lowest BCUT2D eigenvalue weighted by Gasteiger charge is -2.41. The van der Waals surface area contributed by atoms with Crippen LogP contribution in [-0.2, 0) is 11.2 Å². The molecule has 1 aliphatic rings. The molecule has 2 heterocycles. The smallest absolute Gasteiger partial charge is 0.410 e. The van der Waals surface area contributed by atoms with Crippen LogP contribution in [0.4, 0.5) is 4.79 Å². The Morgan fingerprint density at radius 2 is 1.57 bits per heavy atom. The number of phenolic OH excluding ortho intramolecular Hbond substituents is 1. The lowest BCUT2D eigenvalue weighted by Crippen LogP contribution is -2.58. The van der Waals surface area contributed by atoms with Gasteiger partial charge in [-0.15, -0.1) is 5.10 Å². The first-order chi connectivity index (χ1) is 19.2. The second-order valence-electron chi connectivity index (χ2n) is 10.8. The lowest BCUT2D eigenvalue weighted by molar-refractivity contribution is 0.00427. The van der Waals surface area contributed by atoms with Crippen molar-refractivity contribution in [1.82, 2.24) is 24.8 Å². The number of phenols is 1. The second-order valence-corrected chi connectivity index (χ2v) is 10.8. The molecule has 0 saturated carbocycles. The van der Waals surface area contributed by atoms with Crippen molar-refractivity contribution >= 4 is 12.0 Å². The fourth-order valence-electron chi connectivity index (χ4n) is 4.90. The van der Waals surface area contributed by atoms with E-state index in [4.69, 9.17) is 4.74 Å². The summed E-state index contributed by atoms with van der Waals surface area (Å²) in [6.07, 6.45) is 0.160. The van der Waals surface area contributed by atoms with E-state index in [-0.39, 0.29) is 23.4 Å². The number of rotatable bonds is 5. The number of carbonyl (C=O) groups excluding carboxylic acids is 2. The molecule has 0 spiro atoms. The molecule has 1 aliphatic heterocycles. The molecule has 4 aromatic rings. The summed E-state index contributed by atoms with van der Waals surface area (Å²) in [4.78, 5) is 30.6. The Hall–Kier alpha value is -4.66. The van der Waals surface area contributed by atoms with Crippen molar-refractivity contribution in [2.24, 2.45) is 0 Å². The van der Waals surface area contributed by atoms with Gasteiger partial charge in [0.15, 0.2) is 5.69 Å². The molecule has 3 aromatic carbocycles. The van der Waals surface area contributed by atoms with Gasteiger partial charge in [0.2, 0.25) is 0 Å². The molecule has 1 N–H and O–H groups in total. The molecule has 9 nitrogen and oxygen atoms in total. The number of nitrogens with zero attached hydrogens (tertiary/aromatic N) is 5. The summed E-state index contributed by atoms with van der Waals surface area (Å²) in [7, 11) is 0. The molecule has 1 aromatic heterocycles.